The number of aliphatic hydroxyl groups excluding tert-OH is 1. The summed E-state index contributed by atoms with van der Waals surface area (Å²) < 4.78 is 16.3. The van der Waals surface area contributed by atoms with Gasteiger partial charge in [0.25, 0.3) is 0 Å². The van der Waals surface area contributed by atoms with E-state index in [2.05, 4.69) is 29.8 Å². The average Bonchev–Trinajstić information content (AvgIpc) is 3.19. The molecule has 1 rings (SSSR count). The maximum absolute atomic E-state index is 13.4. The van der Waals surface area contributed by atoms with E-state index in [0.717, 1.165) is 6.54 Å². The Bertz CT molecular complexity index is 697. The van der Waals surface area contributed by atoms with Gasteiger partial charge in [0.1, 0.15) is 18.7 Å². The zero-order valence-corrected chi connectivity index (χ0v) is 23.8. The second-order valence-electron chi connectivity index (χ2n) is 11.3. The van der Waals surface area contributed by atoms with Gasteiger partial charge in [0.15, 0.2) is 0 Å². The number of nitrogens with one attached hydrogen (secondary N) is 3. The van der Waals surface area contributed by atoms with Gasteiger partial charge in [0, 0.05) is 32.1 Å². The van der Waals surface area contributed by atoms with Gasteiger partial charge in [-0.05, 0) is 11.3 Å². The number of carbonyl (C=O) groups is 3. The minimum absolute atomic E-state index is 0.0485. The van der Waals surface area contributed by atoms with Gasteiger partial charge in [0.2, 0.25) is 17.7 Å². The maximum Gasteiger partial charge on any atom is 0.246 e. The van der Waals surface area contributed by atoms with Crippen LogP contribution in [0.1, 0.15) is 54.9 Å². The molecule has 3 amide bonds. The molecule has 1 saturated heterocycles. The standard InChI is InChI=1S/C26H50N4O7/c1-18(2)15-28-24(33)21-14-20(31)16-30(21)25(34)23(26(5,6)7)29-22(32)17-37-13-12-36-11-10-35-9-8-27-19(3)4/h18-21,23,27,31H,8-17H2,1-7H3,(H,28,33)(H,29,32)/t20-,21?,23?/m0/s1. The lowest BCUT2D eigenvalue weighted by Crippen LogP contribution is -2.58. The van der Waals surface area contributed by atoms with Crippen molar-refractivity contribution in [3.05, 3.63) is 0 Å². The Kier molecular flexibility index (Phi) is 15.2. The van der Waals surface area contributed by atoms with E-state index in [9.17, 15) is 19.5 Å². The Morgan fingerprint density at radius 3 is 2.14 bits per heavy atom. The first kappa shape index (κ1) is 33.2. The lowest BCUT2D eigenvalue weighted by molar-refractivity contribution is -0.144. The molecule has 37 heavy (non-hydrogen) atoms. The van der Waals surface area contributed by atoms with E-state index >= 15 is 0 Å². The summed E-state index contributed by atoms with van der Waals surface area (Å²) in [5.74, 6) is -0.862. The first-order chi connectivity index (χ1) is 17.3. The molecular weight excluding hydrogens is 480 g/mol. The normalized spacial score (nSPS) is 18.9. The fourth-order valence-electron chi connectivity index (χ4n) is 3.77. The van der Waals surface area contributed by atoms with E-state index in [1.807, 2.05) is 34.6 Å². The summed E-state index contributed by atoms with van der Waals surface area (Å²) in [5.41, 5.74) is -0.618. The number of hydrogen-bond acceptors (Lipinski definition) is 8. The largest absolute Gasteiger partial charge is 0.391 e. The number of carbonyl (C=O) groups excluding carboxylic acids is 3. The monoisotopic (exact) mass is 530 g/mol. The Labute approximate surface area is 222 Å². The number of aliphatic hydroxyl groups is 1. The highest BCUT2D eigenvalue weighted by Crippen LogP contribution is 2.26. The fraction of sp³-hybridized carbons (Fsp3) is 0.885. The van der Waals surface area contributed by atoms with Gasteiger partial charge in [0.05, 0.1) is 39.1 Å². The highest BCUT2D eigenvalue weighted by Gasteiger charge is 2.44. The first-order valence-electron chi connectivity index (χ1n) is 13.3. The fourth-order valence-corrected chi connectivity index (χ4v) is 3.77. The molecule has 1 heterocycles. The summed E-state index contributed by atoms with van der Waals surface area (Å²) in [6.07, 6.45) is -0.621. The summed E-state index contributed by atoms with van der Waals surface area (Å²) in [5, 5.41) is 19.0. The summed E-state index contributed by atoms with van der Waals surface area (Å²) in [6.45, 7) is 16.8. The van der Waals surface area contributed by atoms with E-state index in [4.69, 9.17) is 14.2 Å². The van der Waals surface area contributed by atoms with Crippen LogP contribution in [0.2, 0.25) is 0 Å². The predicted molar refractivity (Wildman–Crippen MR) is 141 cm³/mol. The Balaban J connectivity index is 2.46. The molecule has 0 radical (unpaired) electrons. The van der Waals surface area contributed by atoms with Gasteiger partial charge < -0.3 is 40.2 Å². The minimum atomic E-state index is -0.882. The number of rotatable bonds is 17. The predicted octanol–water partition coefficient (Wildman–Crippen LogP) is 0.299. The molecule has 2 unspecified atom stereocenters. The Hall–Kier alpha value is -1.79. The van der Waals surface area contributed by atoms with Crippen LogP contribution in [0.5, 0.6) is 0 Å². The van der Waals surface area contributed by atoms with Crippen molar-refractivity contribution in [1.29, 1.82) is 0 Å². The van der Waals surface area contributed by atoms with Crippen molar-refractivity contribution in [1.82, 2.24) is 20.9 Å². The highest BCUT2D eigenvalue weighted by atomic mass is 16.5. The van der Waals surface area contributed by atoms with Gasteiger partial charge >= 0.3 is 0 Å². The molecule has 1 aliphatic heterocycles. The van der Waals surface area contributed by atoms with Gasteiger partial charge in [-0.3, -0.25) is 14.4 Å². The molecular formula is C26H50N4O7. The van der Waals surface area contributed by atoms with Crippen molar-refractivity contribution in [2.75, 3.05) is 59.3 Å². The maximum atomic E-state index is 13.4. The summed E-state index contributed by atoms with van der Waals surface area (Å²) in [6, 6.07) is -1.23. The second kappa shape index (κ2) is 16.9. The number of amides is 3. The molecule has 3 atom stereocenters. The molecule has 0 aromatic rings. The molecule has 0 spiro atoms. The van der Waals surface area contributed by atoms with E-state index in [-0.39, 0.29) is 38.0 Å². The topological polar surface area (TPSA) is 138 Å². The van der Waals surface area contributed by atoms with Crippen molar-refractivity contribution >= 4 is 17.7 Å². The van der Waals surface area contributed by atoms with Crippen molar-refractivity contribution < 1.29 is 33.7 Å². The number of likely N-dealkylation sites (tertiary alicyclic amines) is 1. The van der Waals surface area contributed by atoms with Crippen LogP contribution in [-0.2, 0) is 28.6 Å². The van der Waals surface area contributed by atoms with Crippen LogP contribution in [0, 0.1) is 11.3 Å². The Morgan fingerprint density at radius 1 is 0.973 bits per heavy atom. The number of β-amino-alcohol motifs (C(OH)–C–C–N with tert-alkyl or cyclic N) is 1. The molecule has 1 aliphatic rings. The van der Waals surface area contributed by atoms with Crippen LogP contribution >= 0.6 is 0 Å². The van der Waals surface area contributed by atoms with Crippen molar-refractivity contribution in [2.24, 2.45) is 11.3 Å². The molecule has 0 saturated carbocycles. The summed E-state index contributed by atoms with van der Waals surface area (Å²) in [7, 11) is 0. The first-order valence-corrected chi connectivity index (χ1v) is 13.3. The van der Waals surface area contributed by atoms with E-state index < -0.39 is 35.4 Å². The average molecular weight is 531 g/mol. The zero-order chi connectivity index (χ0) is 28.0. The number of ether oxygens (including phenoxy) is 3. The van der Waals surface area contributed by atoms with Crippen LogP contribution in [0.4, 0.5) is 0 Å². The van der Waals surface area contributed by atoms with Gasteiger partial charge in [-0.1, -0.05) is 48.5 Å². The van der Waals surface area contributed by atoms with Gasteiger partial charge in [-0.2, -0.15) is 0 Å². The third-order valence-corrected chi connectivity index (χ3v) is 5.74. The molecule has 0 aliphatic carbocycles. The van der Waals surface area contributed by atoms with Crippen LogP contribution in [-0.4, -0.2) is 111 Å². The van der Waals surface area contributed by atoms with Crippen LogP contribution in [0.3, 0.4) is 0 Å². The highest BCUT2D eigenvalue weighted by molar-refractivity contribution is 5.93. The molecule has 0 bridgehead atoms. The van der Waals surface area contributed by atoms with E-state index in [0.29, 0.717) is 39.0 Å². The molecule has 4 N–H and O–H groups in total. The van der Waals surface area contributed by atoms with Crippen molar-refractivity contribution in [3.8, 4) is 0 Å². The zero-order valence-electron chi connectivity index (χ0n) is 23.8. The third-order valence-electron chi connectivity index (χ3n) is 5.74. The van der Waals surface area contributed by atoms with E-state index in [1.54, 1.807) is 0 Å². The lowest BCUT2D eigenvalue weighted by atomic mass is 9.85. The summed E-state index contributed by atoms with van der Waals surface area (Å²) >= 11 is 0. The minimum Gasteiger partial charge on any atom is -0.391 e. The third kappa shape index (κ3) is 13.5. The molecule has 216 valence electrons. The SMILES string of the molecule is CC(C)CNC(=O)C1C[C@H](O)CN1C(=O)C(NC(=O)COCCOCCOCCNC(C)C)C(C)(C)C. The molecule has 1 fully saturated rings. The van der Waals surface area contributed by atoms with Crippen LogP contribution < -0.4 is 16.0 Å². The molecule has 0 aromatic carbocycles. The van der Waals surface area contributed by atoms with Crippen LogP contribution in [0.15, 0.2) is 0 Å². The number of nitrogens with zero attached hydrogens (tertiary/aromatic N) is 1. The molecule has 11 heteroatoms. The lowest BCUT2D eigenvalue weighted by Gasteiger charge is -2.35. The molecule has 0 aromatic heterocycles. The number of hydrogen-bond donors (Lipinski definition) is 4. The van der Waals surface area contributed by atoms with Crippen molar-refractivity contribution in [3.63, 3.8) is 0 Å². The Morgan fingerprint density at radius 2 is 1.57 bits per heavy atom. The van der Waals surface area contributed by atoms with Gasteiger partial charge in [-0.15, -0.1) is 0 Å². The smallest absolute Gasteiger partial charge is 0.246 e. The van der Waals surface area contributed by atoms with Crippen LogP contribution in [0.25, 0.3) is 0 Å². The van der Waals surface area contributed by atoms with E-state index in [1.165, 1.54) is 4.90 Å². The quantitative estimate of drug-likeness (QED) is 0.197. The molecule has 11 nitrogen and oxygen atoms in total. The second-order valence-corrected chi connectivity index (χ2v) is 11.3. The van der Waals surface area contributed by atoms with Crippen molar-refractivity contribution in [2.45, 2.75) is 79.1 Å². The summed E-state index contributed by atoms with van der Waals surface area (Å²) in [4.78, 5) is 40.1. The van der Waals surface area contributed by atoms with Gasteiger partial charge in [-0.25, -0.2) is 0 Å².